The molecule has 5 heteroatoms. The number of aromatic nitrogens is 1. The highest BCUT2D eigenvalue weighted by Gasteiger charge is 2.16. The number of hydrogen-bond donors (Lipinski definition) is 2. The molecule has 0 radical (unpaired) electrons. The van der Waals surface area contributed by atoms with Crippen molar-refractivity contribution < 1.29 is 13.9 Å². The molecule has 1 aromatic heterocycles. The Labute approximate surface area is 152 Å². The number of benzene rings is 2. The third kappa shape index (κ3) is 3.48. The van der Waals surface area contributed by atoms with Crippen molar-refractivity contribution in [3.63, 3.8) is 0 Å². The summed E-state index contributed by atoms with van der Waals surface area (Å²) in [5.74, 6) is -0.368. The minimum Gasteiger partial charge on any atom is -0.372 e. The molecule has 1 heterocycles. The van der Waals surface area contributed by atoms with Crippen LogP contribution in [0.25, 0.3) is 22.2 Å². The van der Waals surface area contributed by atoms with Gasteiger partial charge in [-0.05, 0) is 48.7 Å². The fraction of sp³-hybridized carbons (Fsp3) is 0.286. The zero-order valence-electron chi connectivity index (χ0n) is 15.2. The first-order chi connectivity index (χ1) is 12.5. The zero-order valence-corrected chi connectivity index (χ0v) is 15.2. The van der Waals surface area contributed by atoms with Gasteiger partial charge in [0.1, 0.15) is 11.9 Å². The summed E-state index contributed by atoms with van der Waals surface area (Å²) in [4.78, 5) is 15.4. The maximum Gasteiger partial charge on any atom is 0.249 e. The molecule has 2 N–H and O–H groups in total. The van der Waals surface area contributed by atoms with Crippen molar-refractivity contribution in [1.29, 1.82) is 0 Å². The molecule has 26 heavy (non-hydrogen) atoms. The van der Waals surface area contributed by atoms with Gasteiger partial charge in [0, 0.05) is 30.1 Å². The van der Waals surface area contributed by atoms with Crippen LogP contribution in [0.4, 0.5) is 4.39 Å². The number of fused-ring (bicyclic) bond motifs is 1. The molecule has 0 spiro atoms. The van der Waals surface area contributed by atoms with E-state index in [4.69, 9.17) is 4.74 Å². The number of aromatic amines is 1. The Kier molecular flexibility index (Phi) is 5.38. The number of carbonyl (C=O) groups excluding carboxylic acids is 1. The summed E-state index contributed by atoms with van der Waals surface area (Å²) in [6, 6.07) is 12.7. The van der Waals surface area contributed by atoms with Gasteiger partial charge in [-0.3, -0.25) is 4.79 Å². The summed E-state index contributed by atoms with van der Waals surface area (Å²) in [6.07, 6.45) is 0.199. The molecule has 0 aliphatic heterocycles. The van der Waals surface area contributed by atoms with Gasteiger partial charge in [0.2, 0.25) is 5.91 Å². The minimum absolute atomic E-state index is 0.118. The minimum atomic E-state index is -0.430. The first-order valence-electron chi connectivity index (χ1n) is 8.71. The number of nitrogens with one attached hydrogen (secondary N) is 2. The fourth-order valence-corrected chi connectivity index (χ4v) is 3.18. The average Bonchev–Trinajstić information content (AvgIpc) is 2.97. The molecule has 136 valence electrons. The normalized spacial score (nSPS) is 12.3. The second-order valence-corrected chi connectivity index (χ2v) is 6.34. The highest BCUT2D eigenvalue weighted by molar-refractivity contribution is 5.91. The van der Waals surface area contributed by atoms with E-state index in [1.165, 1.54) is 13.2 Å². The molecule has 4 nitrogen and oxygen atoms in total. The molecule has 0 aliphatic rings. The van der Waals surface area contributed by atoms with Crippen LogP contribution in [0, 0.1) is 12.7 Å². The van der Waals surface area contributed by atoms with E-state index in [1.54, 1.807) is 12.1 Å². The second-order valence-electron chi connectivity index (χ2n) is 6.34. The van der Waals surface area contributed by atoms with Crippen molar-refractivity contribution in [1.82, 2.24) is 10.3 Å². The van der Waals surface area contributed by atoms with Gasteiger partial charge >= 0.3 is 0 Å². The summed E-state index contributed by atoms with van der Waals surface area (Å²) in [7, 11) is 1.53. The van der Waals surface area contributed by atoms with Crippen molar-refractivity contribution in [3.05, 3.63) is 59.4 Å². The third-order valence-electron chi connectivity index (χ3n) is 4.68. The lowest BCUT2D eigenvalue weighted by Gasteiger charge is -2.13. The molecule has 0 bridgehead atoms. The van der Waals surface area contributed by atoms with Gasteiger partial charge in [-0.2, -0.15) is 0 Å². The lowest BCUT2D eigenvalue weighted by atomic mass is 10.0. The SMILES string of the molecule is CCC(OC)C(=O)NCc1ccc2[nH]c(-c3ccccc3F)c(C)c2c1. The van der Waals surface area contributed by atoms with Gasteiger partial charge < -0.3 is 15.0 Å². The topological polar surface area (TPSA) is 54.1 Å². The number of amides is 1. The number of halogens is 1. The average molecular weight is 354 g/mol. The number of aryl methyl sites for hydroxylation is 1. The highest BCUT2D eigenvalue weighted by Crippen LogP contribution is 2.31. The van der Waals surface area contributed by atoms with E-state index < -0.39 is 6.10 Å². The van der Waals surface area contributed by atoms with Crippen molar-refractivity contribution in [2.75, 3.05) is 7.11 Å². The van der Waals surface area contributed by atoms with Gasteiger partial charge in [-0.15, -0.1) is 0 Å². The van der Waals surface area contributed by atoms with Crippen LogP contribution in [0.1, 0.15) is 24.5 Å². The maximum absolute atomic E-state index is 14.1. The molecule has 0 saturated heterocycles. The van der Waals surface area contributed by atoms with E-state index in [0.29, 0.717) is 18.5 Å². The number of rotatable bonds is 6. The number of H-pyrrole nitrogens is 1. The quantitative estimate of drug-likeness (QED) is 0.692. The Hall–Kier alpha value is -2.66. The summed E-state index contributed by atoms with van der Waals surface area (Å²) in [6.45, 7) is 4.31. The lowest BCUT2D eigenvalue weighted by molar-refractivity contribution is -0.131. The first-order valence-corrected chi connectivity index (χ1v) is 8.71. The van der Waals surface area contributed by atoms with Gasteiger partial charge in [0.25, 0.3) is 0 Å². The Morgan fingerprint density at radius 3 is 2.73 bits per heavy atom. The Morgan fingerprint density at radius 2 is 2.04 bits per heavy atom. The van der Waals surface area contributed by atoms with Gasteiger partial charge in [0.15, 0.2) is 0 Å². The van der Waals surface area contributed by atoms with Gasteiger partial charge in [-0.25, -0.2) is 4.39 Å². The van der Waals surface area contributed by atoms with E-state index in [2.05, 4.69) is 10.3 Å². The number of carbonyl (C=O) groups is 1. The number of ether oxygens (including phenoxy) is 1. The largest absolute Gasteiger partial charge is 0.372 e. The van der Waals surface area contributed by atoms with E-state index >= 15 is 0 Å². The Balaban J connectivity index is 1.87. The third-order valence-corrected chi connectivity index (χ3v) is 4.68. The van der Waals surface area contributed by atoms with Crippen LogP contribution in [0.5, 0.6) is 0 Å². The van der Waals surface area contributed by atoms with Crippen LogP contribution in [0.15, 0.2) is 42.5 Å². The summed E-state index contributed by atoms with van der Waals surface area (Å²) in [5.41, 5.74) is 4.26. The Bertz CT molecular complexity index is 929. The molecular formula is C21H23FN2O2. The fourth-order valence-electron chi connectivity index (χ4n) is 3.18. The smallest absolute Gasteiger partial charge is 0.249 e. The first kappa shape index (κ1) is 18.1. The van der Waals surface area contributed by atoms with Crippen molar-refractivity contribution in [2.45, 2.75) is 32.9 Å². The molecule has 0 saturated carbocycles. The predicted octanol–water partition coefficient (Wildman–Crippen LogP) is 4.32. The maximum atomic E-state index is 14.1. The van der Waals surface area contributed by atoms with Gasteiger partial charge in [0.05, 0.1) is 5.69 Å². The summed E-state index contributed by atoms with van der Waals surface area (Å²) in [5, 5.41) is 3.92. The van der Waals surface area contributed by atoms with Gasteiger partial charge in [-0.1, -0.05) is 25.1 Å². The molecule has 1 atom stereocenters. The van der Waals surface area contributed by atoms with Crippen molar-refractivity contribution in [2.24, 2.45) is 0 Å². The lowest BCUT2D eigenvalue weighted by Crippen LogP contribution is -2.34. The predicted molar refractivity (Wildman–Crippen MR) is 101 cm³/mol. The van der Waals surface area contributed by atoms with E-state index in [-0.39, 0.29) is 11.7 Å². The molecule has 3 rings (SSSR count). The van der Waals surface area contributed by atoms with E-state index in [1.807, 2.05) is 38.1 Å². The molecule has 1 amide bonds. The number of methoxy groups -OCH3 is 1. The standard InChI is InChI=1S/C21H23FN2O2/c1-4-19(26-3)21(25)23-12-14-9-10-18-16(11-14)13(2)20(24-18)15-7-5-6-8-17(15)22/h5-11,19,24H,4,12H2,1-3H3,(H,23,25). The van der Waals surface area contributed by atoms with Crippen LogP contribution in [-0.4, -0.2) is 24.1 Å². The monoisotopic (exact) mass is 354 g/mol. The highest BCUT2D eigenvalue weighted by atomic mass is 19.1. The summed E-state index contributed by atoms with van der Waals surface area (Å²) >= 11 is 0. The van der Waals surface area contributed by atoms with Crippen LogP contribution >= 0.6 is 0 Å². The van der Waals surface area contributed by atoms with Crippen molar-refractivity contribution >= 4 is 16.8 Å². The molecular weight excluding hydrogens is 331 g/mol. The molecule has 0 aliphatic carbocycles. The van der Waals surface area contributed by atoms with Crippen molar-refractivity contribution in [3.8, 4) is 11.3 Å². The van der Waals surface area contributed by atoms with E-state index in [0.717, 1.165) is 27.7 Å². The molecule has 3 aromatic rings. The number of hydrogen-bond acceptors (Lipinski definition) is 2. The van der Waals surface area contributed by atoms with E-state index in [9.17, 15) is 9.18 Å². The Morgan fingerprint density at radius 1 is 1.27 bits per heavy atom. The van der Waals surface area contributed by atoms with Crippen LogP contribution in [-0.2, 0) is 16.1 Å². The molecule has 0 fully saturated rings. The second kappa shape index (κ2) is 7.70. The zero-order chi connectivity index (χ0) is 18.7. The summed E-state index contributed by atoms with van der Waals surface area (Å²) < 4.78 is 19.3. The van der Waals surface area contributed by atoms with Crippen LogP contribution < -0.4 is 5.32 Å². The van der Waals surface area contributed by atoms with Crippen LogP contribution in [0.2, 0.25) is 0 Å². The van der Waals surface area contributed by atoms with Crippen LogP contribution in [0.3, 0.4) is 0 Å². The molecule has 1 unspecified atom stereocenters. The molecule has 2 aromatic carbocycles.